The van der Waals surface area contributed by atoms with E-state index in [4.69, 9.17) is 11.6 Å². The SMILES string of the molecule is CC(Cl)C(=O)c1cccc(O)c1Br. The molecule has 0 aliphatic carbocycles. The first-order valence-electron chi connectivity index (χ1n) is 3.69. The normalized spacial score (nSPS) is 12.5. The highest BCUT2D eigenvalue weighted by Gasteiger charge is 2.16. The van der Waals surface area contributed by atoms with Crippen LogP contribution in [0.15, 0.2) is 22.7 Å². The summed E-state index contributed by atoms with van der Waals surface area (Å²) >= 11 is 8.75. The molecule has 0 saturated carbocycles. The highest BCUT2D eigenvalue weighted by atomic mass is 79.9. The van der Waals surface area contributed by atoms with E-state index in [0.717, 1.165) is 0 Å². The third-order valence-corrected chi connectivity index (χ3v) is 2.64. The van der Waals surface area contributed by atoms with Crippen molar-refractivity contribution in [3.05, 3.63) is 28.2 Å². The van der Waals surface area contributed by atoms with E-state index in [2.05, 4.69) is 15.9 Å². The lowest BCUT2D eigenvalue weighted by Crippen LogP contribution is -2.10. The molecule has 0 bridgehead atoms. The van der Waals surface area contributed by atoms with Gasteiger partial charge in [0.25, 0.3) is 0 Å². The van der Waals surface area contributed by atoms with E-state index in [0.29, 0.717) is 10.0 Å². The summed E-state index contributed by atoms with van der Waals surface area (Å²) in [7, 11) is 0. The fraction of sp³-hybridized carbons (Fsp3) is 0.222. The van der Waals surface area contributed by atoms with Crippen LogP contribution in [-0.4, -0.2) is 16.3 Å². The van der Waals surface area contributed by atoms with Gasteiger partial charge in [0.15, 0.2) is 5.78 Å². The summed E-state index contributed by atoms with van der Waals surface area (Å²) in [6, 6.07) is 4.72. The third kappa shape index (κ3) is 2.23. The first-order valence-corrected chi connectivity index (χ1v) is 4.92. The molecule has 0 aromatic heterocycles. The van der Waals surface area contributed by atoms with Gasteiger partial charge in [-0.3, -0.25) is 4.79 Å². The zero-order valence-corrected chi connectivity index (χ0v) is 9.26. The van der Waals surface area contributed by atoms with Crippen LogP contribution in [0, 0.1) is 0 Å². The van der Waals surface area contributed by atoms with Crippen LogP contribution in [0.2, 0.25) is 0 Å². The molecule has 1 rings (SSSR count). The Kier molecular flexibility index (Phi) is 3.33. The number of carbonyl (C=O) groups excluding carboxylic acids is 1. The van der Waals surface area contributed by atoms with Crippen molar-refractivity contribution in [1.29, 1.82) is 0 Å². The predicted octanol–water partition coefficient (Wildman–Crippen LogP) is 2.96. The molecular weight excluding hydrogens is 255 g/mol. The van der Waals surface area contributed by atoms with Crippen molar-refractivity contribution in [2.45, 2.75) is 12.3 Å². The molecule has 2 nitrogen and oxygen atoms in total. The smallest absolute Gasteiger partial charge is 0.181 e. The van der Waals surface area contributed by atoms with E-state index in [1.54, 1.807) is 19.1 Å². The van der Waals surface area contributed by atoms with E-state index in [1.807, 2.05) is 0 Å². The number of phenolic OH excluding ortho intramolecular Hbond substituents is 1. The van der Waals surface area contributed by atoms with Crippen LogP contribution >= 0.6 is 27.5 Å². The maximum Gasteiger partial charge on any atom is 0.181 e. The summed E-state index contributed by atoms with van der Waals surface area (Å²) in [6.07, 6.45) is 0. The average molecular weight is 264 g/mol. The van der Waals surface area contributed by atoms with Crippen LogP contribution in [0.3, 0.4) is 0 Å². The molecule has 0 aliphatic heterocycles. The maximum atomic E-state index is 11.4. The van der Waals surface area contributed by atoms with Crippen LogP contribution in [0.1, 0.15) is 17.3 Å². The largest absolute Gasteiger partial charge is 0.507 e. The predicted molar refractivity (Wildman–Crippen MR) is 55.5 cm³/mol. The van der Waals surface area contributed by atoms with Gasteiger partial charge in [0.1, 0.15) is 5.75 Å². The monoisotopic (exact) mass is 262 g/mol. The number of hydrogen-bond acceptors (Lipinski definition) is 2. The molecule has 1 aromatic carbocycles. The standard InChI is InChI=1S/C9H8BrClO2/c1-5(11)9(13)6-3-2-4-7(12)8(6)10/h2-5,12H,1H3. The molecular formula is C9H8BrClO2. The number of alkyl halides is 1. The first kappa shape index (κ1) is 10.5. The Balaban J connectivity index is 3.15. The Labute approximate surface area is 89.7 Å². The van der Waals surface area contributed by atoms with Crippen molar-refractivity contribution in [2.75, 3.05) is 0 Å². The quantitative estimate of drug-likeness (QED) is 0.658. The molecule has 13 heavy (non-hydrogen) atoms. The lowest BCUT2D eigenvalue weighted by atomic mass is 10.1. The second-order valence-corrected chi connectivity index (χ2v) is 4.07. The van der Waals surface area contributed by atoms with Crippen LogP contribution in [0.4, 0.5) is 0 Å². The number of hydrogen-bond donors (Lipinski definition) is 1. The van der Waals surface area contributed by atoms with Gasteiger partial charge in [0.05, 0.1) is 9.85 Å². The van der Waals surface area contributed by atoms with Gasteiger partial charge in [-0.1, -0.05) is 6.07 Å². The zero-order valence-electron chi connectivity index (χ0n) is 6.92. The van der Waals surface area contributed by atoms with Crippen molar-refractivity contribution in [3.63, 3.8) is 0 Å². The van der Waals surface area contributed by atoms with Crippen LogP contribution in [0.25, 0.3) is 0 Å². The molecule has 1 aromatic rings. The average Bonchev–Trinajstić information content (AvgIpc) is 2.08. The lowest BCUT2D eigenvalue weighted by molar-refractivity contribution is 0.0990. The summed E-state index contributed by atoms with van der Waals surface area (Å²) in [6.45, 7) is 1.60. The Morgan fingerprint density at radius 2 is 2.23 bits per heavy atom. The minimum Gasteiger partial charge on any atom is -0.507 e. The van der Waals surface area contributed by atoms with E-state index in [1.165, 1.54) is 6.07 Å². The molecule has 0 amide bonds. The van der Waals surface area contributed by atoms with Gasteiger partial charge in [0, 0.05) is 5.56 Å². The molecule has 4 heteroatoms. The molecule has 0 radical (unpaired) electrons. The van der Waals surface area contributed by atoms with Crippen LogP contribution in [-0.2, 0) is 0 Å². The summed E-state index contributed by atoms with van der Waals surface area (Å²) < 4.78 is 0.396. The maximum absolute atomic E-state index is 11.4. The van der Waals surface area contributed by atoms with Gasteiger partial charge in [-0.2, -0.15) is 0 Å². The Bertz CT molecular complexity index is 336. The molecule has 0 spiro atoms. The summed E-state index contributed by atoms with van der Waals surface area (Å²) in [5.74, 6) is -0.160. The third-order valence-electron chi connectivity index (χ3n) is 1.61. The highest BCUT2D eigenvalue weighted by Crippen LogP contribution is 2.28. The molecule has 0 heterocycles. The number of aromatic hydroxyl groups is 1. The molecule has 1 unspecified atom stereocenters. The summed E-state index contributed by atoms with van der Waals surface area (Å²) in [5.41, 5.74) is 0.405. The fourth-order valence-electron chi connectivity index (χ4n) is 0.924. The number of ketones is 1. The summed E-state index contributed by atoms with van der Waals surface area (Å²) in [5, 5.41) is 8.70. The minimum absolute atomic E-state index is 0.0446. The van der Waals surface area contributed by atoms with Gasteiger partial charge in [0.2, 0.25) is 0 Å². The van der Waals surface area contributed by atoms with Crippen molar-refractivity contribution < 1.29 is 9.90 Å². The number of halogens is 2. The Hall–Kier alpha value is -0.540. The van der Waals surface area contributed by atoms with Gasteiger partial charge < -0.3 is 5.11 Å². The molecule has 1 N–H and O–H groups in total. The van der Waals surface area contributed by atoms with Gasteiger partial charge in [-0.15, -0.1) is 11.6 Å². The highest BCUT2D eigenvalue weighted by molar-refractivity contribution is 9.10. The van der Waals surface area contributed by atoms with Gasteiger partial charge in [-0.25, -0.2) is 0 Å². The molecule has 70 valence electrons. The second-order valence-electron chi connectivity index (χ2n) is 2.62. The summed E-state index contributed by atoms with van der Waals surface area (Å²) in [4.78, 5) is 11.4. The zero-order chi connectivity index (χ0) is 10.0. The van der Waals surface area contributed by atoms with E-state index in [9.17, 15) is 9.90 Å². The topological polar surface area (TPSA) is 37.3 Å². The molecule has 0 aliphatic rings. The second kappa shape index (κ2) is 4.11. The number of phenols is 1. The van der Waals surface area contributed by atoms with Crippen molar-refractivity contribution in [2.24, 2.45) is 0 Å². The van der Waals surface area contributed by atoms with Crippen molar-refractivity contribution >= 4 is 33.3 Å². The fourth-order valence-corrected chi connectivity index (χ4v) is 1.50. The van der Waals surface area contributed by atoms with Crippen LogP contribution in [0.5, 0.6) is 5.75 Å². The first-order chi connectivity index (χ1) is 6.04. The minimum atomic E-state index is -0.585. The lowest BCUT2D eigenvalue weighted by Gasteiger charge is -2.05. The van der Waals surface area contributed by atoms with Crippen molar-refractivity contribution in [3.8, 4) is 5.75 Å². The number of Topliss-reactive ketones (excluding diaryl/α,β-unsaturated/α-hetero) is 1. The van der Waals surface area contributed by atoms with Crippen LogP contribution < -0.4 is 0 Å². The van der Waals surface area contributed by atoms with Crippen molar-refractivity contribution in [1.82, 2.24) is 0 Å². The number of carbonyl (C=O) groups is 1. The molecule has 0 fully saturated rings. The van der Waals surface area contributed by atoms with E-state index in [-0.39, 0.29) is 11.5 Å². The van der Waals surface area contributed by atoms with Gasteiger partial charge in [-0.05, 0) is 35.0 Å². The molecule has 1 atom stereocenters. The molecule has 0 saturated heterocycles. The van der Waals surface area contributed by atoms with E-state index >= 15 is 0 Å². The number of rotatable bonds is 2. The number of benzene rings is 1. The Morgan fingerprint density at radius 3 is 2.77 bits per heavy atom. The van der Waals surface area contributed by atoms with Gasteiger partial charge >= 0.3 is 0 Å². The Morgan fingerprint density at radius 1 is 1.62 bits per heavy atom. The van der Waals surface area contributed by atoms with E-state index < -0.39 is 5.38 Å².